The first-order valence-electron chi connectivity index (χ1n) is 11.6. The number of aromatic nitrogens is 2. The smallest absolute Gasteiger partial charge is 0.329 e. The van der Waals surface area contributed by atoms with Gasteiger partial charge in [-0.2, -0.15) is 5.10 Å². The molecule has 0 aliphatic heterocycles. The maximum absolute atomic E-state index is 12.2. The summed E-state index contributed by atoms with van der Waals surface area (Å²) in [7, 11) is 0. The van der Waals surface area contributed by atoms with E-state index in [1.807, 2.05) is 36.4 Å². The number of hydrogen-bond acceptors (Lipinski definition) is 4. The molecule has 1 fully saturated rings. The predicted octanol–water partition coefficient (Wildman–Crippen LogP) is 4.40. The van der Waals surface area contributed by atoms with E-state index >= 15 is 0 Å². The van der Waals surface area contributed by atoms with Crippen molar-refractivity contribution in [1.29, 1.82) is 0 Å². The summed E-state index contributed by atoms with van der Waals surface area (Å²) in [6.45, 7) is 0.267. The summed E-state index contributed by atoms with van der Waals surface area (Å²) < 4.78 is 5.30. The normalized spacial score (nSPS) is 18.3. The fraction of sp³-hybridized carbons (Fsp3) is 0.370. The van der Waals surface area contributed by atoms with Crippen molar-refractivity contribution in [2.75, 3.05) is 13.2 Å². The molecule has 0 saturated heterocycles. The van der Waals surface area contributed by atoms with Crippen LogP contribution in [-0.4, -0.2) is 34.5 Å². The van der Waals surface area contributed by atoms with E-state index in [0.717, 1.165) is 54.5 Å². The number of carbonyl (C=O) groups is 1. The Hall–Kier alpha value is -3.25. The van der Waals surface area contributed by atoms with Gasteiger partial charge in [0.25, 0.3) is 5.56 Å². The molecule has 2 aromatic carbocycles. The lowest BCUT2D eigenvalue weighted by Gasteiger charge is -2.29. The number of nitrogens with one attached hydrogen (secondary N) is 1. The number of carboxylic acid groups (broad SMARTS) is 1. The fourth-order valence-corrected chi connectivity index (χ4v) is 4.89. The van der Waals surface area contributed by atoms with Crippen LogP contribution in [-0.2, 0) is 16.0 Å². The van der Waals surface area contributed by atoms with Gasteiger partial charge in [0.05, 0.1) is 18.2 Å². The maximum Gasteiger partial charge on any atom is 0.329 e. The number of rotatable bonds is 9. The van der Waals surface area contributed by atoms with Crippen LogP contribution in [0.3, 0.4) is 0 Å². The number of nitrogens with zero attached hydrogens (tertiary/aromatic N) is 1. The molecule has 6 heteroatoms. The lowest BCUT2D eigenvalue weighted by molar-refractivity contribution is -0.142. The average molecular weight is 447 g/mol. The second kappa shape index (κ2) is 11.1. The number of carboxylic acids is 1. The maximum atomic E-state index is 12.2. The van der Waals surface area contributed by atoms with Crippen LogP contribution in [0.5, 0.6) is 0 Å². The Morgan fingerprint density at radius 2 is 1.55 bits per heavy atom. The van der Waals surface area contributed by atoms with Crippen molar-refractivity contribution in [1.82, 2.24) is 10.2 Å². The van der Waals surface area contributed by atoms with Crippen molar-refractivity contribution < 1.29 is 14.6 Å². The van der Waals surface area contributed by atoms with Crippen molar-refractivity contribution in [3.63, 3.8) is 0 Å². The summed E-state index contributed by atoms with van der Waals surface area (Å²) in [5.41, 5.74) is 4.01. The molecule has 2 N–H and O–H groups in total. The highest BCUT2D eigenvalue weighted by molar-refractivity contribution is 5.67. The summed E-state index contributed by atoms with van der Waals surface area (Å²) in [6, 6.07) is 22.3. The van der Waals surface area contributed by atoms with Gasteiger partial charge in [0, 0.05) is 6.07 Å². The third-order valence-corrected chi connectivity index (χ3v) is 6.51. The molecule has 0 bridgehead atoms. The number of ether oxygens (including phenoxy) is 1. The van der Waals surface area contributed by atoms with Crippen molar-refractivity contribution >= 4 is 5.97 Å². The van der Waals surface area contributed by atoms with E-state index in [1.165, 1.54) is 0 Å². The third-order valence-electron chi connectivity index (χ3n) is 6.51. The van der Waals surface area contributed by atoms with Crippen LogP contribution in [0.25, 0.3) is 0 Å². The highest BCUT2D eigenvalue weighted by Crippen LogP contribution is 2.35. The van der Waals surface area contributed by atoms with E-state index in [2.05, 4.69) is 34.5 Å². The molecule has 172 valence electrons. The molecule has 0 atom stereocenters. The molecular formula is C27H30N2O4. The predicted molar refractivity (Wildman–Crippen MR) is 126 cm³/mol. The van der Waals surface area contributed by atoms with Gasteiger partial charge in [-0.15, -0.1) is 0 Å². The minimum absolute atomic E-state index is 0.0555. The van der Waals surface area contributed by atoms with E-state index in [9.17, 15) is 9.59 Å². The van der Waals surface area contributed by atoms with Gasteiger partial charge in [0.15, 0.2) is 0 Å². The molecule has 6 nitrogen and oxygen atoms in total. The molecule has 4 rings (SSSR count). The molecule has 1 saturated carbocycles. The van der Waals surface area contributed by atoms with Crippen molar-refractivity contribution in [3.05, 3.63) is 99.5 Å². The summed E-state index contributed by atoms with van der Waals surface area (Å²) in [6.07, 6.45) is 4.91. The minimum Gasteiger partial charge on any atom is -0.480 e. The SMILES string of the molecule is O=C(O)COCC1CCC(Cc2cc(=O)[nH]nc2C(c2ccccc2)c2ccccc2)CC1. The molecular weight excluding hydrogens is 416 g/mol. The van der Waals surface area contributed by atoms with E-state index in [4.69, 9.17) is 9.84 Å². The van der Waals surface area contributed by atoms with Crippen LogP contribution in [0, 0.1) is 11.8 Å². The summed E-state index contributed by atoms with van der Waals surface area (Å²) >= 11 is 0. The van der Waals surface area contributed by atoms with Gasteiger partial charge in [-0.05, 0) is 60.6 Å². The first-order valence-corrected chi connectivity index (χ1v) is 11.6. The first kappa shape index (κ1) is 22.9. The van der Waals surface area contributed by atoms with Crippen molar-refractivity contribution in [3.8, 4) is 0 Å². The second-order valence-corrected chi connectivity index (χ2v) is 8.90. The zero-order chi connectivity index (χ0) is 23.0. The molecule has 3 aromatic rings. The quantitative estimate of drug-likeness (QED) is 0.508. The van der Waals surface area contributed by atoms with E-state index in [0.29, 0.717) is 18.4 Å². The number of hydrogen-bond donors (Lipinski definition) is 2. The van der Waals surface area contributed by atoms with Gasteiger partial charge in [0.2, 0.25) is 0 Å². The Labute approximate surface area is 193 Å². The van der Waals surface area contributed by atoms with Crippen LogP contribution >= 0.6 is 0 Å². The van der Waals surface area contributed by atoms with Crippen molar-refractivity contribution in [2.24, 2.45) is 11.8 Å². The highest BCUT2D eigenvalue weighted by Gasteiger charge is 2.26. The molecule has 33 heavy (non-hydrogen) atoms. The van der Waals surface area contributed by atoms with Crippen LogP contribution in [0.1, 0.15) is 54.0 Å². The Balaban J connectivity index is 1.54. The molecule has 1 aliphatic rings. The molecule has 0 radical (unpaired) electrons. The van der Waals surface area contributed by atoms with Gasteiger partial charge in [-0.25, -0.2) is 9.89 Å². The van der Waals surface area contributed by atoms with Gasteiger partial charge < -0.3 is 9.84 Å². The molecule has 0 unspecified atom stereocenters. The molecule has 0 amide bonds. The van der Waals surface area contributed by atoms with Crippen LogP contribution in [0.15, 0.2) is 71.5 Å². The minimum atomic E-state index is -0.926. The zero-order valence-corrected chi connectivity index (χ0v) is 18.7. The second-order valence-electron chi connectivity index (χ2n) is 8.90. The Kier molecular flexibility index (Phi) is 7.68. The highest BCUT2D eigenvalue weighted by atomic mass is 16.5. The molecule has 1 aliphatic carbocycles. The molecule has 0 spiro atoms. The van der Waals surface area contributed by atoms with Crippen molar-refractivity contribution in [2.45, 2.75) is 38.0 Å². The Morgan fingerprint density at radius 1 is 0.970 bits per heavy atom. The van der Waals surface area contributed by atoms with Gasteiger partial charge >= 0.3 is 5.97 Å². The summed E-state index contributed by atoms with van der Waals surface area (Å²) in [5, 5.41) is 16.0. The van der Waals surface area contributed by atoms with Crippen LogP contribution < -0.4 is 5.56 Å². The number of H-pyrrole nitrogens is 1. The number of aliphatic carboxylic acids is 1. The Bertz CT molecular complexity index is 1050. The zero-order valence-electron chi connectivity index (χ0n) is 18.7. The largest absolute Gasteiger partial charge is 0.480 e. The van der Waals surface area contributed by atoms with Gasteiger partial charge in [-0.3, -0.25) is 4.79 Å². The summed E-state index contributed by atoms with van der Waals surface area (Å²) in [5.74, 6) is -0.113. The fourth-order valence-electron chi connectivity index (χ4n) is 4.89. The topological polar surface area (TPSA) is 92.3 Å². The van der Waals surface area contributed by atoms with Crippen LogP contribution in [0.2, 0.25) is 0 Å². The first-order chi connectivity index (χ1) is 16.1. The molecule has 1 aromatic heterocycles. The average Bonchev–Trinajstić information content (AvgIpc) is 2.83. The van der Waals surface area contributed by atoms with Gasteiger partial charge in [0.1, 0.15) is 6.61 Å². The monoisotopic (exact) mass is 446 g/mol. The van der Waals surface area contributed by atoms with Crippen LogP contribution in [0.4, 0.5) is 0 Å². The number of benzene rings is 2. The van der Waals surface area contributed by atoms with E-state index in [1.54, 1.807) is 6.07 Å². The third kappa shape index (κ3) is 6.17. The van der Waals surface area contributed by atoms with E-state index < -0.39 is 5.97 Å². The van der Waals surface area contributed by atoms with E-state index in [-0.39, 0.29) is 18.1 Å². The summed E-state index contributed by atoms with van der Waals surface area (Å²) in [4.78, 5) is 22.9. The lowest BCUT2D eigenvalue weighted by atomic mass is 9.78. The Morgan fingerprint density at radius 3 is 2.12 bits per heavy atom. The number of aromatic amines is 1. The standard InChI is InChI=1S/C27H30N2O4/c30-24-16-23(15-19-11-13-20(14-12-19)17-33-18-25(31)32)27(29-28-24)26(21-7-3-1-4-8-21)22-9-5-2-6-10-22/h1-10,16,19-20,26H,11-15,17-18H2,(H,28,30)(H,31,32). The van der Waals surface area contributed by atoms with Gasteiger partial charge in [-0.1, -0.05) is 60.7 Å². The lowest BCUT2D eigenvalue weighted by Crippen LogP contribution is -2.23. The molecule has 1 heterocycles.